The molecule has 0 radical (unpaired) electrons. The Balaban J connectivity index is 1.98. The second-order valence-electron chi connectivity index (χ2n) is 4.50. The number of rotatable bonds is 2. The van der Waals surface area contributed by atoms with Crippen molar-refractivity contribution in [3.8, 4) is 0 Å². The van der Waals surface area contributed by atoms with Crippen molar-refractivity contribution < 1.29 is 0 Å². The van der Waals surface area contributed by atoms with Crippen LogP contribution in [-0.2, 0) is 0 Å². The first-order chi connectivity index (χ1) is 7.29. The van der Waals surface area contributed by atoms with Crippen molar-refractivity contribution in [3.05, 3.63) is 34.9 Å². The summed E-state index contributed by atoms with van der Waals surface area (Å²) < 4.78 is 0. The summed E-state index contributed by atoms with van der Waals surface area (Å²) in [5.74, 6) is 1.48. The first-order valence-electron chi connectivity index (χ1n) is 5.75. The highest BCUT2D eigenvalue weighted by atomic mass is 35.5. The lowest BCUT2D eigenvalue weighted by molar-refractivity contribution is 0.333. The minimum atomic E-state index is 0.727. The van der Waals surface area contributed by atoms with Gasteiger partial charge >= 0.3 is 0 Å². The van der Waals surface area contributed by atoms with Crippen molar-refractivity contribution in [2.75, 3.05) is 6.54 Å². The summed E-state index contributed by atoms with van der Waals surface area (Å²) in [6, 6.07) is 8.31. The highest BCUT2D eigenvalue weighted by Crippen LogP contribution is 2.35. The first-order valence-corrected chi connectivity index (χ1v) is 6.13. The van der Waals surface area contributed by atoms with E-state index in [0.717, 1.165) is 23.4 Å². The van der Waals surface area contributed by atoms with Crippen LogP contribution in [0.15, 0.2) is 24.3 Å². The van der Waals surface area contributed by atoms with Gasteiger partial charge in [-0.05, 0) is 61.8 Å². The minimum Gasteiger partial charge on any atom is -0.330 e. The third-order valence-corrected chi connectivity index (χ3v) is 3.77. The Hall–Kier alpha value is -0.530. The summed E-state index contributed by atoms with van der Waals surface area (Å²) in [6.07, 6.45) is 5.13. The minimum absolute atomic E-state index is 0.727. The van der Waals surface area contributed by atoms with Gasteiger partial charge in [0.1, 0.15) is 0 Å². The lowest BCUT2D eigenvalue weighted by Gasteiger charge is -2.27. The van der Waals surface area contributed by atoms with E-state index in [1.807, 2.05) is 12.1 Å². The Morgan fingerprint density at radius 3 is 2.20 bits per heavy atom. The molecule has 0 heterocycles. The van der Waals surface area contributed by atoms with E-state index < -0.39 is 0 Å². The van der Waals surface area contributed by atoms with Gasteiger partial charge in [0.2, 0.25) is 0 Å². The second-order valence-corrected chi connectivity index (χ2v) is 4.94. The van der Waals surface area contributed by atoms with Crippen LogP contribution in [0.1, 0.15) is 37.2 Å². The van der Waals surface area contributed by atoms with Gasteiger partial charge < -0.3 is 5.73 Å². The Morgan fingerprint density at radius 2 is 1.67 bits per heavy atom. The molecule has 2 N–H and O–H groups in total. The highest BCUT2D eigenvalue weighted by Gasteiger charge is 2.21. The van der Waals surface area contributed by atoms with Crippen LogP contribution in [0.5, 0.6) is 0 Å². The molecule has 2 rings (SSSR count). The van der Waals surface area contributed by atoms with Crippen LogP contribution < -0.4 is 5.73 Å². The molecule has 1 aliphatic carbocycles. The molecule has 82 valence electrons. The van der Waals surface area contributed by atoms with E-state index in [-0.39, 0.29) is 0 Å². The van der Waals surface area contributed by atoms with Gasteiger partial charge in [0, 0.05) is 5.02 Å². The lowest BCUT2D eigenvalue weighted by atomic mass is 9.79. The molecule has 1 nitrogen and oxygen atoms in total. The van der Waals surface area contributed by atoms with Gasteiger partial charge in [-0.25, -0.2) is 0 Å². The Kier molecular flexibility index (Phi) is 3.66. The van der Waals surface area contributed by atoms with Crippen molar-refractivity contribution in [2.45, 2.75) is 31.6 Å². The first kappa shape index (κ1) is 11.0. The van der Waals surface area contributed by atoms with Crippen LogP contribution in [0.2, 0.25) is 5.02 Å². The van der Waals surface area contributed by atoms with Crippen molar-refractivity contribution in [3.63, 3.8) is 0 Å². The molecule has 1 saturated carbocycles. The molecule has 0 spiro atoms. The third kappa shape index (κ3) is 2.73. The largest absolute Gasteiger partial charge is 0.330 e. The number of halogens is 1. The summed E-state index contributed by atoms with van der Waals surface area (Å²) in [6.45, 7) is 0.855. The summed E-state index contributed by atoms with van der Waals surface area (Å²) >= 11 is 5.88. The van der Waals surface area contributed by atoms with Crippen molar-refractivity contribution in [1.29, 1.82) is 0 Å². The summed E-state index contributed by atoms with van der Waals surface area (Å²) in [7, 11) is 0. The van der Waals surface area contributed by atoms with Gasteiger partial charge in [-0.3, -0.25) is 0 Å². The van der Waals surface area contributed by atoms with E-state index in [1.165, 1.54) is 31.2 Å². The van der Waals surface area contributed by atoms with E-state index in [1.54, 1.807) is 0 Å². The molecule has 1 aliphatic rings. The van der Waals surface area contributed by atoms with E-state index >= 15 is 0 Å². The van der Waals surface area contributed by atoms with Gasteiger partial charge in [-0.2, -0.15) is 0 Å². The van der Waals surface area contributed by atoms with Gasteiger partial charge in [-0.1, -0.05) is 23.7 Å². The van der Waals surface area contributed by atoms with E-state index in [2.05, 4.69) is 12.1 Å². The van der Waals surface area contributed by atoms with Crippen molar-refractivity contribution >= 4 is 11.6 Å². The third-order valence-electron chi connectivity index (χ3n) is 3.52. The van der Waals surface area contributed by atoms with Crippen LogP contribution in [0, 0.1) is 5.92 Å². The highest BCUT2D eigenvalue weighted by molar-refractivity contribution is 6.30. The zero-order valence-corrected chi connectivity index (χ0v) is 9.71. The Morgan fingerprint density at radius 1 is 1.07 bits per heavy atom. The quantitative estimate of drug-likeness (QED) is 0.815. The molecular formula is C13H18ClN. The Labute approximate surface area is 96.6 Å². The van der Waals surface area contributed by atoms with Crippen LogP contribution in [-0.4, -0.2) is 6.54 Å². The maximum Gasteiger partial charge on any atom is 0.0406 e. The number of hydrogen-bond acceptors (Lipinski definition) is 1. The predicted octanol–water partition coefficient (Wildman–Crippen LogP) is 3.57. The zero-order valence-electron chi connectivity index (χ0n) is 8.95. The van der Waals surface area contributed by atoms with Crippen LogP contribution in [0.25, 0.3) is 0 Å². The summed E-state index contributed by atoms with van der Waals surface area (Å²) in [5, 5.41) is 0.828. The summed E-state index contributed by atoms with van der Waals surface area (Å²) in [5.41, 5.74) is 7.13. The molecule has 1 aromatic rings. The van der Waals surface area contributed by atoms with E-state index in [4.69, 9.17) is 17.3 Å². The normalized spacial score (nSPS) is 26.5. The fourth-order valence-corrected chi connectivity index (χ4v) is 2.59. The van der Waals surface area contributed by atoms with E-state index in [9.17, 15) is 0 Å². The van der Waals surface area contributed by atoms with Gasteiger partial charge in [0.05, 0.1) is 0 Å². The van der Waals surface area contributed by atoms with Gasteiger partial charge in [0.15, 0.2) is 0 Å². The number of hydrogen-bond donors (Lipinski definition) is 1. The fraction of sp³-hybridized carbons (Fsp3) is 0.538. The maximum atomic E-state index is 5.88. The van der Waals surface area contributed by atoms with Crippen molar-refractivity contribution in [1.82, 2.24) is 0 Å². The smallest absolute Gasteiger partial charge is 0.0406 e. The molecule has 0 aromatic heterocycles. The number of benzene rings is 1. The standard InChI is InChI=1S/C13H18ClN/c14-13-7-5-12(6-8-13)11-3-1-10(9-15)2-4-11/h5-8,10-11H,1-4,9,15H2. The molecule has 0 bridgehead atoms. The van der Waals surface area contributed by atoms with Crippen LogP contribution >= 0.6 is 11.6 Å². The fourth-order valence-electron chi connectivity index (χ4n) is 2.47. The SMILES string of the molecule is NCC1CCC(c2ccc(Cl)cc2)CC1. The molecule has 0 atom stereocenters. The molecule has 0 saturated heterocycles. The van der Waals surface area contributed by atoms with Crippen LogP contribution in [0.4, 0.5) is 0 Å². The zero-order chi connectivity index (χ0) is 10.7. The summed E-state index contributed by atoms with van der Waals surface area (Å²) in [4.78, 5) is 0. The van der Waals surface area contributed by atoms with Gasteiger partial charge in [-0.15, -0.1) is 0 Å². The molecule has 15 heavy (non-hydrogen) atoms. The molecule has 0 amide bonds. The maximum absolute atomic E-state index is 5.88. The average molecular weight is 224 g/mol. The van der Waals surface area contributed by atoms with Crippen molar-refractivity contribution in [2.24, 2.45) is 11.7 Å². The predicted molar refractivity (Wildman–Crippen MR) is 65.2 cm³/mol. The lowest BCUT2D eigenvalue weighted by Crippen LogP contribution is -2.20. The van der Waals surface area contributed by atoms with Gasteiger partial charge in [0.25, 0.3) is 0 Å². The Bertz CT molecular complexity index is 299. The molecule has 0 aliphatic heterocycles. The topological polar surface area (TPSA) is 26.0 Å². The molecule has 1 fully saturated rings. The molecule has 2 heteroatoms. The van der Waals surface area contributed by atoms with Crippen LogP contribution in [0.3, 0.4) is 0 Å². The molecule has 1 aromatic carbocycles. The second kappa shape index (κ2) is 5.00. The number of nitrogens with two attached hydrogens (primary N) is 1. The monoisotopic (exact) mass is 223 g/mol. The molecule has 0 unspecified atom stereocenters. The molecular weight excluding hydrogens is 206 g/mol. The average Bonchev–Trinajstić information content (AvgIpc) is 2.30. The van der Waals surface area contributed by atoms with E-state index in [0.29, 0.717) is 0 Å².